The average molecular weight is 378 g/mol. The highest BCUT2D eigenvalue weighted by molar-refractivity contribution is 8.01. The smallest absolute Gasteiger partial charge is 0.238 e. The molecule has 4 fully saturated rings. The highest BCUT2D eigenvalue weighted by Crippen LogP contribution is 2.55. The first-order chi connectivity index (χ1) is 12.4. The minimum atomic E-state index is -0.325. The summed E-state index contributed by atoms with van der Waals surface area (Å²) in [4.78, 5) is 24.7. The molecular formula is C19H27N3O3S. The molecule has 0 aliphatic heterocycles. The van der Waals surface area contributed by atoms with E-state index in [0.717, 1.165) is 37.0 Å². The van der Waals surface area contributed by atoms with Gasteiger partial charge in [0.2, 0.25) is 11.8 Å². The molecule has 0 aromatic carbocycles. The second kappa shape index (κ2) is 6.91. The number of carbonyl (C=O) groups excluding carboxylic acids is 2. The van der Waals surface area contributed by atoms with E-state index in [1.165, 1.54) is 31.0 Å². The van der Waals surface area contributed by atoms with Crippen molar-refractivity contribution in [1.29, 1.82) is 0 Å². The molecule has 1 aromatic heterocycles. The second-order valence-electron chi connectivity index (χ2n) is 8.51. The predicted octanol–water partition coefficient (Wildman–Crippen LogP) is 3.13. The van der Waals surface area contributed by atoms with Crippen molar-refractivity contribution in [3.63, 3.8) is 0 Å². The summed E-state index contributed by atoms with van der Waals surface area (Å²) in [5, 5.41) is 9.50. The zero-order chi connectivity index (χ0) is 18.3. The first kappa shape index (κ1) is 17.9. The van der Waals surface area contributed by atoms with Gasteiger partial charge in [-0.05, 0) is 70.1 Å². The maximum atomic E-state index is 12.5. The van der Waals surface area contributed by atoms with Gasteiger partial charge in [0.15, 0.2) is 5.82 Å². The molecule has 0 radical (unpaired) electrons. The lowest BCUT2D eigenvalue weighted by Crippen LogP contribution is -2.60. The molecule has 4 bridgehead atoms. The zero-order valence-electron chi connectivity index (χ0n) is 15.4. The van der Waals surface area contributed by atoms with Crippen molar-refractivity contribution in [2.24, 2.45) is 17.8 Å². The summed E-state index contributed by atoms with van der Waals surface area (Å²) in [5.41, 5.74) is 0.0378. The number of carbonyl (C=O) groups is 2. The number of hydrogen-bond acceptors (Lipinski definition) is 5. The SMILES string of the molecule is Cc1cc(NC(=O)C(C)SCC(=O)NC23CC4CC(CC(C4)C2)C3)no1. The molecule has 2 amide bonds. The van der Waals surface area contributed by atoms with Gasteiger partial charge in [-0.2, -0.15) is 0 Å². The van der Waals surface area contributed by atoms with E-state index in [-0.39, 0.29) is 22.6 Å². The van der Waals surface area contributed by atoms with Gasteiger partial charge in [-0.1, -0.05) is 5.16 Å². The number of amides is 2. The Morgan fingerprint density at radius 3 is 2.42 bits per heavy atom. The summed E-state index contributed by atoms with van der Waals surface area (Å²) < 4.78 is 4.94. The third-order valence-electron chi connectivity index (χ3n) is 6.16. The maximum absolute atomic E-state index is 12.5. The molecule has 1 aromatic rings. The van der Waals surface area contributed by atoms with Crippen LogP contribution in [0.25, 0.3) is 0 Å². The monoisotopic (exact) mass is 377 g/mol. The van der Waals surface area contributed by atoms with Crippen LogP contribution in [-0.2, 0) is 9.59 Å². The van der Waals surface area contributed by atoms with E-state index in [2.05, 4.69) is 15.8 Å². The Kier molecular flexibility index (Phi) is 4.75. The number of hydrogen-bond donors (Lipinski definition) is 2. The fraction of sp³-hybridized carbons (Fsp3) is 0.737. The highest BCUT2D eigenvalue weighted by Gasteiger charge is 2.51. The van der Waals surface area contributed by atoms with Gasteiger partial charge in [0.25, 0.3) is 0 Å². The Morgan fingerprint density at radius 1 is 1.27 bits per heavy atom. The lowest BCUT2D eigenvalue weighted by molar-refractivity contribution is -0.124. The number of aryl methyl sites for hydroxylation is 1. The predicted molar refractivity (Wildman–Crippen MR) is 101 cm³/mol. The van der Waals surface area contributed by atoms with Crippen molar-refractivity contribution in [3.8, 4) is 0 Å². The van der Waals surface area contributed by atoms with Gasteiger partial charge in [-0.15, -0.1) is 11.8 Å². The minimum Gasteiger partial charge on any atom is -0.360 e. The molecular weight excluding hydrogens is 350 g/mol. The van der Waals surface area contributed by atoms with Gasteiger partial charge in [-0.25, -0.2) is 0 Å². The molecule has 142 valence electrons. The first-order valence-corrected chi connectivity index (χ1v) is 10.6. The molecule has 4 aliphatic rings. The Bertz CT molecular complexity index is 667. The van der Waals surface area contributed by atoms with Crippen LogP contribution in [-0.4, -0.2) is 33.5 Å². The van der Waals surface area contributed by atoms with Crippen molar-refractivity contribution in [2.45, 2.75) is 63.2 Å². The van der Waals surface area contributed by atoms with Crippen LogP contribution in [0.15, 0.2) is 10.6 Å². The number of nitrogens with zero attached hydrogens (tertiary/aromatic N) is 1. The van der Waals surface area contributed by atoms with E-state index in [9.17, 15) is 9.59 Å². The molecule has 7 heteroatoms. The molecule has 0 saturated heterocycles. The highest BCUT2D eigenvalue weighted by atomic mass is 32.2. The van der Waals surface area contributed by atoms with Gasteiger partial charge < -0.3 is 15.2 Å². The molecule has 5 rings (SSSR count). The van der Waals surface area contributed by atoms with Crippen LogP contribution in [0.1, 0.15) is 51.2 Å². The second-order valence-corrected chi connectivity index (χ2v) is 9.84. The standard InChI is InChI=1S/C19H27N3O3S/c1-11-3-16(22-25-11)20-18(24)12(2)26-10-17(23)21-19-7-13-4-14(8-19)6-15(5-13)9-19/h3,12-15H,4-10H2,1-2H3,(H,21,23)(H,20,22,24). The van der Waals surface area contributed by atoms with Crippen LogP contribution >= 0.6 is 11.8 Å². The molecule has 4 aliphatic carbocycles. The Hall–Kier alpha value is -1.50. The average Bonchev–Trinajstić information content (AvgIpc) is 2.95. The van der Waals surface area contributed by atoms with Crippen molar-refractivity contribution in [1.82, 2.24) is 10.5 Å². The number of anilines is 1. The molecule has 1 atom stereocenters. The lowest BCUT2D eigenvalue weighted by Gasteiger charge is -2.56. The zero-order valence-corrected chi connectivity index (χ0v) is 16.2. The Balaban J connectivity index is 1.25. The molecule has 4 saturated carbocycles. The summed E-state index contributed by atoms with van der Waals surface area (Å²) in [5.74, 6) is 3.71. The summed E-state index contributed by atoms with van der Waals surface area (Å²) in [6.45, 7) is 3.58. The molecule has 0 spiro atoms. The van der Waals surface area contributed by atoms with Gasteiger partial charge in [0.05, 0.1) is 11.0 Å². The van der Waals surface area contributed by atoms with Crippen LogP contribution in [0.5, 0.6) is 0 Å². The molecule has 1 heterocycles. The molecule has 1 unspecified atom stereocenters. The third kappa shape index (κ3) is 3.77. The maximum Gasteiger partial charge on any atom is 0.238 e. The fourth-order valence-corrected chi connectivity index (χ4v) is 6.21. The van der Waals surface area contributed by atoms with Crippen molar-refractivity contribution >= 4 is 29.4 Å². The quantitative estimate of drug-likeness (QED) is 0.796. The normalized spacial score (nSPS) is 33.1. The number of nitrogens with one attached hydrogen (secondary N) is 2. The molecule has 2 N–H and O–H groups in total. The number of aromatic nitrogens is 1. The van der Waals surface area contributed by atoms with Crippen LogP contribution in [0, 0.1) is 24.7 Å². The fourth-order valence-electron chi connectivity index (χ4n) is 5.53. The van der Waals surface area contributed by atoms with Gasteiger partial charge in [-0.3, -0.25) is 9.59 Å². The Labute approximate surface area is 158 Å². The van der Waals surface area contributed by atoms with Crippen LogP contribution in [0.3, 0.4) is 0 Å². The largest absolute Gasteiger partial charge is 0.360 e. The summed E-state index contributed by atoms with van der Waals surface area (Å²) in [7, 11) is 0. The van der Waals surface area contributed by atoms with E-state index in [1.54, 1.807) is 13.0 Å². The number of thioether (sulfide) groups is 1. The van der Waals surface area contributed by atoms with Crippen molar-refractivity contribution in [2.75, 3.05) is 11.1 Å². The van der Waals surface area contributed by atoms with E-state index in [4.69, 9.17) is 4.52 Å². The van der Waals surface area contributed by atoms with Crippen molar-refractivity contribution in [3.05, 3.63) is 11.8 Å². The molecule has 6 nitrogen and oxygen atoms in total. The summed E-state index contributed by atoms with van der Waals surface area (Å²) in [6.07, 6.45) is 7.54. The number of rotatable bonds is 6. The van der Waals surface area contributed by atoms with E-state index in [0.29, 0.717) is 17.3 Å². The summed E-state index contributed by atoms with van der Waals surface area (Å²) in [6, 6.07) is 1.68. The van der Waals surface area contributed by atoms with Crippen LogP contribution in [0.4, 0.5) is 5.82 Å². The lowest BCUT2D eigenvalue weighted by atomic mass is 9.53. The van der Waals surface area contributed by atoms with Crippen molar-refractivity contribution < 1.29 is 14.1 Å². The third-order valence-corrected chi connectivity index (χ3v) is 7.30. The van der Waals surface area contributed by atoms with Gasteiger partial charge >= 0.3 is 0 Å². The van der Waals surface area contributed by atoms with E-state index in [1.807, 2.05) is 6.92 Å². The van der Waals surface area contributed by atoms with Crippen LogP contribution < -0.4 is 10.6 Å². The van der Waals surface area contributed by atoms with Crippen LogP contribution in [0.2, 0.25) is 0 Å². The molecule has 26 heavy (non-hydrogen) atoms. The van der Waals surface area contributed by atoms with Gasteiger partial charge in [0.1, 0.15) is 5.76 Å². The van der Waals surface area contributed by atoms with Gasteiger partial charge in [0, 0.05) is 11.6 Å². The first-order valence-electron chi connectivity index (χ1n) is 9.57. The minimum absolute atomic E-state index is 0.0378. The van der Waals surface area contributed by atoms with E-state index >= 15 is 0 Å². The van der Waals surface area contributed by atoms with E-state index < -0.39 is 0 Å². The topological polar surface area (TPSA) is 84.2 Å². The Morgan fingerprint density at radius 2 is 1.88 bits per heavy atom. The summed E-state index contributed by atoms with van der Waals surface area (Å²) >= 11 is 1.36.